The minimum atomic E-state index is 0.243. The standard InChI is InChI=1S/C12H21N3/c1-12(2,3)10(14-4)7-9-5-6-15-11(13)8-9/h5-6,8,10,14H,7H2,1-4H3,(H2,13,15). The van der Waals surface area contributed by atoms with Gasteiger partial charge in [0.05, 0.1) is 0 Å². The molecule has 3 nitrogen and oxygen atoms in total. The average Bonchev–Trinajstić information content (AvgIpc) is 2.12. The summed E-state index contributed by atoms with van der Waals surface area (Å²) >= 11 is 0. The number of nitrogen functional groups attached to an aromatic ring is 1. The zero-order valence-corrected chi connectivity index (χ0v) is 10.0. The molecule has 0 radical (unpaired) electrons. The van der Waals surface area contributed by atoms with Gasteiger partial charge in [0.25, 0.3) is 0 Å². The summed E-state index contributed by atoms with van der Waals surface area (Å²) in [6.07, 6.45) is 2.74. The largest absolute Gasteiger partial charge is 0.384 e. The fourth-order valence-corrected chi connectivity index (χ4v) is 1.70. The first-order chi connectivity index (χ1) is 6.93. The molecular formula is C12H21N3. The Morgan fingerprint density at radius 2 is 2.13 bits per heavy atom. The number of hydrogen-bond acceptors (Lipinski definition) is 3. The van der Waals surface area contributed by atoms with Crippen LogP contribution in [0.3, 0.4) is 0 Å². The van der Waals surface area contributed by atoms with Crippen LogP contribution in [0, 0.1) is 5.41 Å². The summed E-state index contributed by atoms with van der Waals surface area (Å²) in [5, 5.41) is 3.35. The number of anilines is 1. The van der Waals surface area contributed by atoms with E-state index in [1.165, 1.54) is 5.56 Å². The quantitative estimate of drug-likeness (QED) is 0.795. The highest BCUT2D eigenvalue weighted by molar-refractivity contribution is 5.32. The molecule has 1 heterocycles. The Hall–Kier alpha value is -1.09. The van der Waals surface area contributed by atoms with Crippen LogP contribution < -0.4 is 11.1 Å². The molecule has 0 aromatic carbocycles. The summed E-state index contributed by atoms with van der Waals surface area (Å²) < 4.78 is 0. The van der Waals surface area contributed by atoms with Crippen LogP contribution in [0.2, 0.25) is 0 Å². The molecule has 1 atom stereocenters. The summed E-state index contributed by atoms with van der Waals surface area (Å²) in [6.45, 7) is 6.70. The molecule has 3 heteroatoms. The van der Waals surface area contributed by atoms with E-state index in [2.05, 4.69) is 31.1 Å². The zero-order chi connectivity index (χ0) is 11.5. The first-order valence-electron chi connectivity index (χ1n) is 5.31. The Morgan fingerprint density at radius 3 is 2.60 bits per heavy atom. The number of hydrogen-bond donors (Lipinski definition) is 2. The molecule has 0 bridgehead atoms. The molecule has 0 saturated carbocycles. The predicted molar refractivity (Wildman–Crippen MR) is 64.7 cm³/mol. The number of nitrogens with one attached hydrogen (secondary N) is 1. The lowest BCUT2D eigenvalue weighted by molar-refractivity contribution is 0.280. The molecule has 0 fully saturated rings. The van der Waals surface area contributed by atoms with Gasteiger partial charge in [0.2, 0.25) is 0 Å². The third kappa shape index (κ3) is 3.51. The number of nitrogens with two attached hydrogens (primary N) is 1. The lowest BCUT2D eigenvalue weighted by atomic mass is 9.83. The molecule has 0 aliphatic rings. The van der Waals surface area contributed by atoms with Crippen LogP contribution in [0.1, 0.15) is 26.3 Å². The van der Waals surface area contributed by atoms with Gasteiger partial charge in [-0.3, -0.25) is 0 Å². The summed E-state index contributed by atoms with van der Waals surface area (Å²) in [5.74, 6) is 0.594. The molecule has 0 aliphatic carbocycles. The van der Waals surface area contributed by atoms with Gasteiger partial charge in [-0.1, -0.05) is 20.8 Å². The van der Waals surface area contributed by atoms with Gasteiger partial charge in [-0.15, -0.1) is 0 Å². The molecule has 1 aromatic rings. The Balaban J connectivity index is 2.76. The van der Waals surface area contributed by atoms with Gasteiger partial charge in [-0.05, 0) is 36.6 Å². The van der Waals surface area contributed by atoms with Crippen molar-refractivity contribution in [2.24, 2.45) is 5.41 Å². The van der Waals surface area contributed by atoms with Gasteiger partial charge in [-0.25, -0.2) is 4.98 Å². The Bertz CT molecular complexity index is 315. The van der Waals surface area contributed by atoms with E-state index in [4.69, 9.17) is 5.73 Å². The zero-order valence-electron chi connectivity index (χ0n) is 10.0. The van der Waals surface area contributed by atoms with E-state index in [9.17, 15) is 0 Å². The van der Waals surface area contributed by atoms with E-state index >= 15 is 0 Å². The topological polar surface area (TPSA) is 50.9 Å². The van der Waals surface area contributed by atoms with Crippen molar-refractivity contribution in [2.45, 2.75) is 33.2 Å². The van der Waals surface area contributed by atoms with E-state index in [1.54, 1.807) is 6.20 Å². The van der Waals surface area contributed by atoms with E-state index in [1.807, 2.05) is 19.2 Å². The number of likely N-dealkylation sites (N-methyl/N-ethyl adjacent to an activating group) is 1. The van der Waals surface area contributed by atoms with Gasteiger partial charge < -0.3 is 11.1 Å². The molecule has 0 aliphatic heterocycles. The van der Waals surface area contributed by atoms with Gasteiger partial charge in [0.15, 0.2) is 0 Å². The molecule has 1 rings (SSSR count). The average molecular weight is 207 g/mol. The molecule has 0 amide bonds. The van der Waals surface area contributed by atoms with Crippen molar-refractivity contribution >= 4 is 5.82 Å². The molecule has 0 saturated heterocycles. The Morgan fingerprint density at radius 1 is 1.47 bits per heavy atom. The third-order valence-corrected chi connectivity index (χ3v) is 2.68. The third-order valence-electron chi connectivity index (χ3n) is 2.68. The van der Waals surface area contributed by atoms with E-state index in [0.29, 0.717) is 11.9 Å². The van der Waals surface area contributed by atoms with E-state index < -0.39 is 0 Å². The normalized spacial score (nSPS) is 13.9. The Labute approximate surface area is 92.1 Å². The van der Waals surface area contributed by atoms with Crippen molar-refractivity contribution in [2.75, 3.05) is 12.8 Å². The molecular weight excluding hydrogens is 186 g/mol. The van der Waals surface area contributed by atoms with Crippen LogP contribution in [0.4, 0.5) is 5.82 Å². The lowest BCUT2D eigenvalue weighted by Gasteiger charge is -2.30. The highest BCUT2D eigenvalue weighted by atomic mass is 14.9. The molecule has 1 unspecified atom stereocenters. The predicted octanol–water partition coefficient (Wildman–Crippen LogP) is 1.84. The highest BCUT2D eigenvalue weighted by Crippen LogP contribution is 2.22. The van der Waals surface area contributed by atoms with Gasteiger partial charge in [0.1, 0.15) is 5.82 Å². The van der Waals surface area contributed by atoms with Crippen molar-refractivity contribution in [1.29, 1.82) is 0 Å². The van der Waals surface area contributed by atoms with Crippen LogP contribution in [0.5, 0.6) is 0 Å². The minimum absolute atomic E-state index is 0.243. The van der Waals surface area contributed by atoms with Crippen LogP contribution in [-0.2, 0) is 6.42 Å². The van der Waals surface area contributed by atoms with Gasteiger partial charge in [0, 0.05) is 12.2 Å². The number of aromatic nitrogens is 1. The highest BCUT2D eigenvalue weighted by Gasteiger charge is 2.22. The second-order valence-electron chi connectivity index (χ2n) is 5.00. The fourth-order valence-electron chi connectivity index (χ4n) is 1.70. The minimum Gasteiger partial charge on any atom is -0.384 e. The summed E-state index contributed by atoms with van der Waals surface area (Å²) in [5.41, 5.74) is 7.13. The van der Waals surface area contributed by atoms with Gasteiger partial charge in [-0.2, -0.15) is 0 Å². The van der Waals surface area contributed by atoms with Gasteiger partial charge >= 0.3 is 0 Å². The van der Waals surface area contributed by atoms with Crippen LogP contribution in [0.25, 0.3) is 0 Å². The fraction of sp³-hybridized carbons (Fsp3) is 0.583. The Kier molecular flexibility index (Phi) is 3.69. The first kappa shape index (κ1) is 12.0. The van der Waals surface area contributed by atoms with Crippen molar-refractivity contribution in [3.8, 4) is 0 Å². The molecule has 15 heavy (non-hydrogen) atoms. The first-order valence-corrected chi connectivity index (χ1v) is 5.31. The van der Waals surface area contributed by atoms with Crippen molar-refractivity contribution < 1.29 is 0 Å². The van der Waals surface area contributed by atoms with Crippen LogP contribution >= 0.6 is 0 Å². The van der Waals surface area contributed by atoms with Crippen molar-refractivity contribution in [3.63, 3.8) is 0 Å². The molecule has 0 spiro atoms. The summed E-state index contributed by atoms with van der Waals surface area (Å²) in [6, 6.07) is 4.40. The number of nitrogens with zero attached hydrogens (tertiary/aromatic N) is 1. The second kappa shape index (κ2) is 4.62. The van der Waals surface area contributed by atoms with E-state index in [-0.39, 0.29) is 5.41 Å². The summed E-state index contributed by atoms with van der Waals surface area (Å²) in [7, 11) is 2.00. The number of pyridine rings is 1. The molecule has 1 aromatic heterocycles. The second-order valence-corrected chi connectivity index (χ2v) is 5.00. The molecule has 84 valence electrons. The SMILES string of the molecule is CNC(Cc1ccnc(N)c1)C(C)(C)C. The lowest BCUT2D eigenvalue weighted by Crippen LogP contribution is -2.39. The monoisotopic (exact) mass is 207 g/mol. The van der Waals surface area contributed by atoms with Crippen LogP contribution in [0.15, 0.2) is 18.3 Å². The molecule has 3 N–H and O–H groups in total. The van der Waals surface area contributed by atoms with Crippen molar-refractivity contribution in [3.05, 3.63) is 23.9 Å². The van der Waals surface area contributed by atoms with Crippen molar-refractivity contribution in [1.82, 2.24) is 10.3 Å². The number of rotatable bonds is 3. The smallest absolute Gasteiger partial charge is 0.123 e. The maximum Gasteiger partial charge on any atom is 0.123 e. The van der Waals surface area contributed by atoms with E-state index in [0.717, 1.165) is 6.42 Å². The maximum atomic E-state index is 5.65. The maximum absolute atomic E-state index is 5.65. The van der Waals surface area contributed by atoms with Crippen LogP contribution in [-0.4, -0.2) is 18.1 Å². The summed E-state index contributed by atoms with van der Waals surface area (Å²) in [4.78, 5) is 3.99.